The molecule has 0 bridgehead atoms. The number of allylic oxidation sites excluding steroid dienone is 1. The van der Waals surface area contributed by atoms with Crippen molar-refractivity contribution in [1.29, 1.82) is 5.26 Å². The molecule has 0 unspecified atom stereocenters. The number of nitro groups is 1. The minimum atomic E-state index is -0.523. The van der Waals surface area contributed by atoms with Crippen LogP contribution in [0.25, 0.3) is 11.6 Å². The van der Waals surface area contributed by atoms with E-state index in [4.69, 9.17) is 9.47 Å². The molecule has 0 amide bonds. The molecule has 1 heterocycles. The fraction of sp³-hybridized carbons (Fsp3) is 0.294. The first-order chi connectivity index (χ1) is 12.0. The molecule has 0 aliphatic rings. The number of benzene rings is 1. The number of nitrogens with zero attached hydrogens (tertiary/aromatic N) is 3. The number of thiazole rings is 1. The van der Waals surface area contributed by atoms with E-state index in [1.54, 1.807) is 26.0 Å². The third-order valence-electron chi connectivity index (χ3n) is 3.12. The molecule has 0 aliphatic carbocycles. The predicted molar refractivity (Wildman–Crippen MR) is 95.8 cm³/mol. The number of aromatic nitrogens is 1. The van der Waals surface area contributed by atoms with Crippen molar-refractivity contribution in [3.8, 4) is 17.6 Å². The summed E-state index contributed by atoms with van der Waals surface area (Å²) in [5.74, 6) is 0.368. The molecular weight excluding hydrogens is 342 g/mol. The number of hydrogen-bond donors (Lipinski definition) is 0. The average molecular weight is 359 g/mol. The Balaban J connectivity index is 2.59. The normalized spacial score (nSPS) is 11.0. The summed E-state index contributed by atoms with van der Waals surface area (Å²) >= 11 is 1.35. The minimum Gasteiger partial charge on any atom is -0.490 e. The summed E-state index contributed by atoms with van der Waals surface area (Å²) in [5, 5.41) is 23.2. The largest absolute Gasteiger partial charge is 0.490 e. The van der Waals surface area contributed by atoms with Crippen molar-refractivity contribution < 1.29 is 14.4 Å². The van der Waals surface area contributed by atoms with Gasteiger partial charge in [-0.2, -0.15) is 5.26 Å². The van der Waals surface area contributed by atoms with Crippen LogP contribution in [0.3, 0.4) is 0 Å². The molecule has 1 aromatic carbocycles. The molecule has 0 aliphatic heterocycles. The Kier molecular flexibility index (Phi) is 6.08. The Morgan fingerprint density at radius 2 is 2.12 bits per heavy atom. The summed E-state index contributed by atoms with van der Waals surface area (Å²) in [6, 6.07) is 5.08. The van der Waals surface area contributed by atoms with Crippen molar-refractivity contribution in [3.63, 3.8) is 0 Å². The van der Waals surface area contributed by atoms with Crippen LogP contribution in [-0.4, -0.2) is 23.1 Å². The average Bonchev–Trinajstić information content (AvgIpc) is 3.01. The summed E-state index contributed by atoms with van der Waals surface area (Å²) in [6.07, 6.45) is 1.56. The van der Waals surface area contributed by atoms with Gasteiger partial charge in [0, 0.05) is 17.1 Å². The van der Waals surface area contributed by atoms with E-state index in [0.717, 1.165) is 5.69 Å². The van der Waals surface area contributed by atoms with Crippen LogP contribution in [-0.2, 0) is 0 Å². The summed E-state index contributed by atoms with van der Waals surface area (Å²) in [7, 11) is 0. The second-order valence-electron chi connectivity index (χ2n) is 4.95. The molecule has 2 aromatic rings. The van der Waals surface area contributed by atoms with Crippen LogP contribution in [0.15, 0.2) is 17.5 Å². The lowest BCUT2D eigenvalue weighted by Crippen LogP contribution is -2.02. The second kappa shape index (κ2) is 8.26. The summed E-state index contributed by atoms with van der Waals surface area (Å²) in [5.41, 5.74) is 1.42. The zero-order valence-electron chi connectivity index (χ0n) is 14.1. The standard InChI is InChI=1S/C17H17N3O4S/c1-4-23-15-8-12(7-14(20(21)22)16(15)24-5-2)6-13(9-18)17-19-11(3)10-25-17/h6-8,10H,4-5H2,1-3H3/b13-6-. The van der Waals surface area contributed by atoms with E-state index < -0.39 is 4.92 Å². The fourth-order valence-corrected chi connectivity index (χ4v) is 2.93. The van der Waals surface area contributed by atoms with E-state index in [2.05, 4.69) is 11.1 Å². The molecule has 0 saturated carbocycles. The molecule has 0 radical (unpaired) electrons. The number of nitro benzene ring substituents is 1. The van der Waals surface area contributed by atoms with E-state index in [1.165, 1.54) is 17.4 Å². The molecule has 8 heteroatoms. The number of nitriles is 1. The molecule has 130 valence electrons. The number of aryl methyl sites for hydroxylation is 1. The topological polar surface area (TPSA) is 98.3 Å². The number of hydrogen-bond acceptors (Lipinski definition) is 7. The minimum absolute atomic E-state index is 0.0927. The Morgan fingerprint density at radius 3 is 2.64 bits per heavy atom. The molecule has 2 rings (SSSR count). The van der Waals surface area contributed by atoms with Gasteiger partial charge in [0.05, 0.1) is 23.7 Å². The van der Waals surface area contributed by atoms with Gasteiger partial charge in [0.15, 0.2) is 5.75 Å². The molecule has 7 nitrogen and oxygen atoms in total. The Morgan fingerprint density at radius 1 is 1.40 bits per heavy atom. The second-order valence-corrected chi connectivity index (χ2v) is 5.81. The third kappa shape index (κ3) is 4.33. The van der Waals surface area contributed by atoms with Crippen molar-refractivity contribution in [1.82, 2.24) is 4.98 Å². The maximum absolute atomic E-state index is 11.4. The van der Waals surface area contributed by atoms with Crippen LogP contribution < -0.4 is 9.47 Å². The lowest BCUT2D eigenvalue weighted by atomic mass is 10.1. The van der Waals surface area contributed by atoms with E-state index >= 15 is 0 Å². The number of ether oxygens (including phenoxy) is 2. The van der Waals surface area contributed by atoms with Gasteiger partial charge >= 0.3 is 5.69 Å². The molecule has 25 heavy (non-hydrogen) atoms. The quantitative estimate of drug-likeness (QED) is 0.417. The zero-order valence-corrected chi connectivity index (χ0v) is 14.9. The molecule has 0 atom stereocenters. The molecule has 0 spiro atoms. The van der Waals surface area contributed by atoms with Gasteiger partial charge in [0.1, 0.15) is 11.1 Å². The van der Waals surface area contributed by atoms with E-state index in [1.807, 2.05) is 12.3 Å². The highest BCUT2D eigenvalue weighted by molar-refractivity contribution is 7.11. The molecule has 0 saturated heterocycles. The van der Waals surface area contributed by atoms with Gasteiger partial charge in [-0.05, 0) is 38.5 Å². The summed E-state index contributed by atoms with van der Waals surface area (Å²) in [6.45, 7) is 5.97. The molecule has 0 N–H and O–H groups in total. The van der Waals surface area contributed by atoms with Crippen LogP contribution >= 0.6 is 11.3 Å². The van der Waals surface area contributed by atoms with Gasteiger partial charge in [-0.15, -0.1) is 11.3 Å². The van der Waals surface area contributed by atoms with E-state index in [0.29, 0.717) is 22.8 Å². The molecular formula is C17H17N3O4S. The van der Waals surface area contributed by atoms with Crippen molar-refractivity contribution in [2.24, 2.45) is 0 Å². The third-order valence-corrected chi connectivity index (χ3v) is 4.12. The Labute approximate surface area is 149 Å². The lowest BCUT2D eigenvalue weighted by Gasteiger charge is -2.12. The van der Waals surface area contributed by atoms with Crippen LogP contribution in [0.1, 0.15) is 30.1 Å². The van der Waals surface area contributed by atoms with Crippen molar-refractivity contribution >= 4 is 28.7 Å². The first-order valence-electron chi connectivity index (χ1n) is 7.62. The van der Waals surface area contributed by atoms with Crippen LogP contribution in [0.2, 0.25) is 0 Å². The van der Waals surface area contributed by atoms with Gasteiger partial charge < -0.3 is 9.47 Å². The molecule has 1 aromatic heterocycles. The maximum atomic E-state index is 11.4. The highest BCUT2D eigenvalue weighted by Crippen LogP contribution is 2.39. The van der Waals surface area contributed by atoms with Crippen LogP contribution in [0.5, 0.6) is 11.5 Å². The van der Waals surface area contributed by atoms with E-state index in [-0.39, 0.29) is 23.8 Å². The zero-order chi connectivity index (χ0) is 18.4. The van der Waals surface area contributed by atoms with Crippen LogP contribution in [0.4, 0.5) is 5.69 Å². The smallest absolute Gasteiger partial charge is 0.315 e. The van der Waals surface area contributed by atoms with Crippen LogP contribution in [0, 0.1) is 28.4 Å². The first-order valence-corrected chi connectivity index (χ1v) is 8.50. The summed E-state index contributed by atoms with van der Waals surface area (Å²) in [4.78, 5) is 15.2. The number of rotatable bonds is 7. The van der Waals surface area contributed by atoms with Gasteiger partial charge in [0.25, 0.3) is 0 Å². The van der Waals surface area contributed by atoms with Crippen molar-refractivity contribution in [2.75, 3.05) is 13.2 Å². The van der Waals surface area contributed by atoms with Crippen molar-refractivity contribution in [3.05, 3.63) is 43.9 Å². The molecule has 0 fully saturated rings. The Bertz CT molecular complexity index is 852. The lowest BCUT2D eigenvalue weighted by molar-refractivity contribution is -0.386. The Hall–Kier alpha value is -2.92. The van der Waals surface area contributed by atoms with Gasteiger partial charge in [-0.1, -0.05) is 0 Å². The highest BCUT2D eigenvalue weighted by Gasteiger charge is 2.22. The highest BCUT2D eigenvalue weighted by atomic mass is 32.1. The fourth-order valence-electron chi connectivity index (χ4n) is 2.17. The maximum Gasteiger partial charge on any atom is 0.315 e. The van der Waals surface area contributed by atoms with Gasteiger partial charge in [0.2, 0.25) is 5.75 Å². The first kappa shape index (κ1) is 18.4. The van der Waals surface area contributed by atoms with E-state index in [9.17, 15) is 15.4 Å². The van der Waals surface area contributed by atoms with Gasteiger partial charge in [-0.3, -0.25) is 10.1 Å². The van der Waals surface area contributed by atoms with Gasteiger partial charge in [-0.25, -0.2) is 4.98 Å². The SMILES string of the molecule is CCOc1cc(/C=C(/C#N)c2nc(C)cs2)cc([N+](=O)[O-])c1OCC. The predicted octanol–water partition coefficient (Wildman–Crippen LogP) is 4.22. The monoisotopic (exact) mass is 359 g/mol. The summed E-state index contributed by atoms with van der Waals surface area (Å²) < 4.78 is 10.9. The van der Waals surface area contributed by atoms with Crippen molar-refractivity contribution in [2.45, 2.75) is 20.8 Å².